The van der Waals surface area contributed by atoms with Crippen molar-refractivity contribution in [1.29, 1.82) is 0 Å². The Morgan fingerprint density at radius 2 is 2.29 bits per heavy atom. The van der Waals surface area contributed by atoms with Crippen molar-refractivity contribution in [2.45, 2.75) is 25.5 Å². The molecule has 0 aliphatic carbocycles. The fourth-order valence-electron chi connectivity index (χ4n) is 2.29. The van der Waals surface area contributed by atoms with Crippen molar-refractivity contribution >= 4 is 5.69 Å². The van der Waals surface area contributed by atoms with Crippen LogP contribution in [0.15, 0.2) is 18.2 Å². The zero-order valence-electron chi connectivity index (χ0n) is 10.2. The standard InChI is InChI=1S/C13H20N2O2/c1-15-6-2-3-12(15)8-14-11-4-5-13(17)10(7-11)9-16/h4-5,7,12,14,16-17H,2-3,6,8-9H2,1H3. The molecule has 1 unspecified atom stereocenters. The van der Waals surface area contributed by atoms with Gasteiger partial charge in [-0.05, 0) is 44.6 Å². The molecule has 0 saturated carbocycles. The van der Waals surface area contributed by atoms with E-state index in [-0.39, 0.29) is 12.4 Å². The van der Waals surface area contributed by atoms with Gasteiger partial charge in [0.15, 0.2) is 0 Å². The Bertz CT molecular complexity index is 382. The Hall–Kier alpha value is -1.26. The molecule has 1 aromatic rings. The van der Waals surface area contributed by atoms with Gasteiger partial charge >= 0.3 is 0 Å². The second-order valence-corrected chi connectivity index (χ2v) is 4.66. The van der Waals surface area contributed by atoms with Crippen molar-refractivity contribution in [3.63, 3.8) is 0 Å². The number of benzene rings is 1. The monoisotopic (exact) mass is 236 g/mol. The average molecular weight is 236 g/mol. The Labute approximate surface area is 102 Å². The molecule has 0 radical (unpaired) electrons. The topological polar surface area (TPSA) is 55.7 Å². The SMILES string of the molecule is CN1CCCC1CNc1ccc(O)c(CO)c1. The summed E-state index contributed by atoms with van der Waals surface area (Å²) in [6, 6.07) is 5.83. The van der Waals surface area contributed by atoms with Crippen molar-refractivity contribution in [3.05, 3.63) is 23.8 Å². The van der Waals surface area contributed by atoms with Crippen molar-refractivity contribution in [1.82, 2.24) is 4.90 Å². The minimum atomic E-state index is -0.134. The third-order valence-electron chi connectivity index (χ3n) is 3.46. The van der Waals surface area contributed by atoms with Gasteiger partial charge in [0.25, 0.3) is 0 Å². The summed E-state index contributed by atoms with van der Waals surface area (Å²) in [4.78, 5) is 2.36. The molecule has 1 fully saturated rings. The lowest BCUT2D eigenvalue weighted by Gasteiger charge is -2.20. The minimum absolute atomic E-state index is 0.134. The molecule has 2 rings (SSSR count). The number of nitrogens with zero attached hydrogens (tertiary/aromatic N) is 1. The molecular formula is C13H20N2O2. The van der Waals surface area contributed by atoms with E-state index in [0.29, 0.717) is 11.6 Å². The van der Waals surface area contributed by atoms with Crippen molar-refractivity contribution in [3.8, 4) is 5.75 Å². The van der Waals surface area contributed by atoms with Crippen LogP contribution in [-0.4, -0.2) is 41.3 Å². The van der Waals surface area contributed by atoms with Crippen molar-refractivity contribution in [2.75, 3.05) is 25.5 Å². The number of likely N-dealkylation sites (N-methyl/N-ethyl adjacent to an activating group) is 1. The van der Waals surface area contributed by atoms with Crippen LogP contribution < -0.4 is 5.32 Å². The number of rotatable bonds is 4. The van der Waals surface area contributed by atoms with Gasteiger partial charge in [0, 0.05) is 23.8 Å². The molecule has 94 valence electrons. The first kappa shape index (κ1) is 12.2. The van der Waals surface area contributed by atoms with Crippen LogP contribution in [0.3, 0.4) is 0 Å². The van der Waals surface area contributed by atoms with Crippen LogP contribution in [0, 0.1) is 0 Å². The number of likely N-dealkylation sites (tertiary alicyclic amines) is 1. The molecule has 1 aliphatic rings. The van der Waals surface area contributed by atoms with Gasteiger partial charge in [0.05, 0.1) is 6.61 Å². The first-order valence-corrected chi connectivity index (χ1v) is 6.07. The Kier molecular flexibility index (Phi) is 3.86. The van der Waals surface area contributed by atoms with Gasteiger partial charge < -0.3 is 20.4 Å². The molecule has 0 amide bonds. The number of anilines is 1. The predicted octanol–water partition coefficient (Wildman–Crippen LogP) is 1.39. The second kappa shape index (κ2) is 5.38. The lowest BCUT2D eigenvalue weighted by Crippen LogP contribution is -2.31. The summed E-state index contributed by atoms with van der Waals surface area (Å²) in [7, 11) is 2.15. The van der Waals surface area contributed by atoms with E-state index in [1.807, 2.05) is 6.07 Å². The van der Waals surface area contributed by atoms with Gasteiger partial charge in [-0.2, -0.15) is 0 Å². The fraction of sp³-hybridized carbons (Fsp3) is 0.538. The molecular weight excluding hydrogens is 216 g/mol. The maximum absolute atomic E-state index is 9.46. The summed E-state index contributed by atoms with van der Waals surface area (Å²) in [6.45, 7) is 1.95. The average Bonchev–Trinajstić information content (AvgIpc) is 2.74. The molecule has 1 saturated heterocycles. The number of aliphatic hydroxyl groups is 1. The van der Waals surface area contributed by atoms with Gasteiger partial charge in [-0.3, -0.25) is 0 Å². The summed E-state index contributed by atoms with van der Waals surface area (Å²) in [5, 5.41) is 21.9. The molecule has 1 atom stereocenters. The highest BCUT2D eigenvalue weighted by Gasteiger charge is 2.20. The van der Waals surface area contributed by atoms with E-state index < -0.39 is 0 Å². The van der Waals surface area contributed by atoms with Crippen LogP contribution >= 0.6 is 0 Å². The highest BCUT2D eigenvalue weighted by Crippen LogP contribution is 2.22. The quantitative estimate of drug-likeness (QED) is 0.692. The normalized spacial score (nSPS) is 20.7. The summed E-state index contributed by atoms with van der Waals surface area (Å²) in [6.07, 6.45) is 2.49. The molecule has 1 aliphatic heterocycles. The number of aliphatic hydroxyl groups excluding tert-OH is 1. The lowest BCUT2D eigenvalue weighted by molar-refractivity contribution is 0.275. The highest BCUT2D eigenvalue weighted by atomic mass is 16.3. The molecule has 17 heavy (non-hydrogen) atoms. The van der Waals surface area contributed by atoms with E-state index >= 15 is 0 Å². The van der Waals surface area contributed by atoms with E-state index in [2.05, 4.69) is 17.3 Å². The Morgan fingerprint density at radius 1 is 1.47 bits per heavy atom. The van der Waals surface area contributed by atoms with Crippen LogP contribution in [0.5, 0.6) is 5.75 Å². The maximum atomic E-state index is 9.46. The van der Waals surface area contributed by atoms with Gasteiger partial charge in [0.1, 0.15) is 5.75 Å². The van der Waals surface area contributed by atoms with E-state index in [1.165, 1.54) is 19.4 Å². The van der Waals surface area contributed by atoms with Gasteiger partial charge in [-0.1, -0.05) is 0 Å². The molecule has 1 aromatic carbocycles. The van der Waals surface area contributed by atoms with Crippen molar-refractivity contribution in [2.24, 2.45) is 0 Å². The second-order valence-electron chi connectivity index (χ2n) is 4.66. The molecule has 0 spiro atoms. The number of hydrogen-bond acceptors (Lipinski definition) is 4. The summed E-state index contributed by atoms with van der Waals surface area (Å²) in [5.74, 6) is 0.149. The predicted molar refractivity (Wildman–Crippen MR) is 68.2 cm³/mol. The van der Waals surface area contributed by atoms with Crippen LogP contribution in [0.4, 0.5) is 5.69 Å². The third-order valence-corrected chi connectivity index (χ3v) is 3.46. The number of nitrogens with one attached hydrogen (secondary N) is 1. The maximum Gasteiger partial charge on any atom is 0.121 e. The first-order chi connectivity index (χ1) is 8.20. The smallest absolute Gasteiger partial charge is 0.121 e. The van der Waals surface area contributed by atoms with Crippen molar-refractivity contribution < 1.29 is 10.2 Å². The fourth-order valence-corrected chi connectivity index (χ4v) is 2.29. The molecule has 0 bridgehead atoms. The first-order valence-electron chi connectivity index (χ1n) is 6.07. The van der Waals surface area contributed by atoms with Crippen LogP contribution in [0.2, 0.25) is 0 Å². The molecule has 4 nitrogen and oxygen atoms in total. The molecule has 1 heterocycles. The molecule has 4 heteroatoms. The van der Waals surface area contributed by atoms with E-state index in [4.69, 9.17) is 5.11 Å². The number of phenols is 1. The zero-order chi connectivity index (χ0) is 12.3. The number of aromatic hydroxyl groups is 1. The van der Waals surface area contributed by atoms with Gasteiger partial charge in [-0.25, -0.2) is 0 Å². The van der Waals surface area contributed by atoms with Crippen LogP contribution in [0.1, 0.15) is 18.4 Å². The van der Waals surface area contributed by atoms with E-state index in [9.17, 15) is 5.11 Å². The number of hydrogen-bond donors (Lipinski definition) is 3. The van der Waals surface area contributed by atoms with Gasteiger partial charge in [-0.15, -0.1) is 0 Å². The largest absolute Gasteiger partial charge is 0.508 e. The van der Waals surface area contributed by atoms with E-state index in [0.717, 1.165) is 12.2 Å². The molecule has 0 aromatic heterocycles. The van der Waals surface area contributed by atoms with E-state index in [1.54, 1.807) is 12.1 Å². The zero-order valence-corrected chi connectivity index (χ0v) is 10.2. The summed E-state index contributed by atoms with van der Waals surface area (Å²) < 4.78 is 0. The Balaban J connectivity index is 1.94. The highest BCUT2D eigenvalue weighted by molar-refractivity contribution is 5.50. The molecule has 3 N–H and O–H groups in total. The van der Waals surface area contributed by atoms with Crippen LogP contribution in [-0.2, 0) is 6.61 Å². The lowest BCUT2D eigenvalue weighted by atomic mass is 10.1. The minimum Gasteiger partial charge on any atom is -0.508 e. The summed E-state index contributed by atoms with van der Waals surface area (Å²) >= 11 is 0. The van der Waals surface area contributed by atoms with Crippen LogP contribution in [0.25, 0.3) is 0 Å². The van der Waals surface area contributed by atoms with Gasteiger partial charge in [0.2, 0.25) is 0 Å². The third kappa shape index (κ3) is 2.90. The summed E-state index contributed by atoms with van der Waals surface area (Å²) in [5.41, 5.74) is 1.52. The Morgan fingerprint density at radius 3 is 2.94 bits per heavy atom.